The number of ether oxygens (including phenoxy) is 2. The summed E-state index contributed by atoms with van der Waals surface area (Å²) >= 11 is 0. The number of benzene rings is 4. The lowest BCUT2D eigenvalue weighted by Crippen LogP contribution is -2.34. The maximum atomic E-state index is 12.4. The molecule has 5 rings (SSSR count). The number of nitrogens with zero attached hydrogens (tertiary/aromatic N) is 2. The van der Waals surface area contributed by atoms with E-state index in [-0.39, 0.29) is 82.3 Å². The molecule has 56 heavy (non-hydrogen) atoms. The number of phenolic OH excluding ortho intramolecular Hbond substituents is 2. The van der Waals surface area contributed by atoms with E-state index < -0.39 is 45.7 Å². The summed E-state index contributed by atoms with van der Waals surface area (Å²) in [6.07, 6.45) is -0.458. The normalized spacial score (nSPS) is 12.7. The Hall–Kier alpha value is -6.26. The van der Waals surface area contributed by atoms with E-state index in [9.17, 15) is 40.0 Å². The molecule has 0 spiro atoms. The molecular weight excluding hydrogens is 724 g/mol. The third-order valence-electron chi connectivity index (χ3n) is 9.69. The average molecular weight is 771 g/mol. The first-order chi connectivity index (χ1) is 26.2. The van der Waals surface area contributed by atoms with Crippen molar-refractivity contribution in [2.24, 2.45) is 11.7 Å². The number of hydrazine groups is 2. The molecule has 16 nitrogen and oxygen atoms in total. The molecule has 0 atom stereocenters. The Kier molecular flexibility index (Phi) is 11.6. The standard InChI is InChI=1S/C40H46N6O10/c1-39(2,3)29-11-25-7-21-15-31(45(51)52)17-23(35(21)49)9-27-13-30(40(4,5)6)14-28(38(27)56-20-34(48)44-42)10-24-18-32(46(53)54)16-22(36(24)50)8-26(12-29)37(25)55-19-33(47)43-41/h11-18,49-50H,7-10,19-20,41-42H2,1-6H3,(H,43,47)(H,44,48). The molecule has 0 heterocycles. The van der Waals surface area contributed by atoms with Gasteiger partial charge >= 0.3 is 0 Å². The average Bonchev–Trinajstić information content (AvgIpc) is 3.11. The lowest BCUT2D eigenvalue weighted by atomic mass is 9.81. The fraction of sp³-hybridized carbons (Fsp3) is 0.350. The lowest BCUT2D eigenvalue weighted by Gasteiger charge is -2.26. The SMILES string of the molecule is CC(C)(C)c1cc2c(OCC(=O)NN)c(c1)Cc1cc([N+](=O)[O-])cc(c1O)Cc1cc(C(C)(C)C)cc(c1OCC(=O)NN)Cc1cc([N+](=O)[O-])cc(c1O)C2. The van der Waals surface area contributed by atoms with Crippen LogP contribution in [0.15, 0.2) is 48.5 Å². The van der Waals surface area contributed by atoms with Crippen LogP contribution in [0.5, 0.6) is 23.0 Å². The molecule has 8 bridgehead atoms. The number of rotatable bonds is 8. The molecule has 0 saturated carbocycles. The third kappa shape index (κ3) is 8.98. The highest BCUT2D eigenvalue weighted by Crippen LogP contribution is 2.43. The van der Waals surface area contributed by atoms with E-state index in [1.807, 2.05) is 76.7 Å². The van der Waals surface area contributed by atoms with Crippen LogP contribution in [0.1, 0.15) is 97.2 Å². The maximum absolute atomic E-state index is 12.4. The molecule has 16 heteroatoms. The van der Waals surface area contributed by atoms with E-state index in [2.05, 4.69) is 0 Å². The second kappa shape index (κ2) is 15.8. The van der Waals surface area contributed by atoms with Gasteiger partial charge in [0.25, 0.3) is 23.2 Å². The van der Waals surface area contributed by atoms with Gasteiger partial charge in [0.05, 0.1) is 9.85 Å². The van der Waals surface area contributed by atoms with Crippen molar-refractivity contribution in [2.75, 3.05) is 13.2 Å². The number of aromatic hydroxyl groups is 2. The summed E-state index contributed by atoms with van der Waals surface area (Å²) in [6.45, 7) is 10.7. The topological polar surface area (TPSA) is 255 Å². The molecular formula is C40H46N6O10. The summed E-state index contributed by atoms with van der Waals surface area (Å²) in [6, 6.07) is 12.3. The zero-order valence-corrected chi connectivity index (χ0v) is 32.1. The van der Waals surface area contributed by atoms with Crippen molar-refractivity contribution < 1.29 is 39.1 Å². The zero-order chi connectivity index (χ0) is 41.3. The Bertz CT molecular complexity index is 1990. The quantitative estimate of drug-likeness (QED) is 0.0532. The summed E-state index contributed by atoms with van der Waals surface area (Å²) in [5, 5.41) is 48.7. The summed E-state index contributed by atoms with van der Waals surface area (Å²) in [5.41, 5.74) is 6.47. The van der Waals surface area contributed by atoms with E-state index in [1.54, 1.807) is 0 Å². The van der Waals surface area contributed by atoms with E-state index >= 15 is 0 Å². The van der Waals surface area contributed by atoms with Gasteiger partial charge in [-0.15, -0.1) is 0 Å². The van der Waals surface area contributed by atoms with Crippen molar-refractivity contribution in [1.82, 2.24) is 10.9 Å². The highest BCUT2D eigenvalue weighted by Gasteiger charge is 2.28. The van der Waals surface area contributed by atoms with Gasteiger partial charge in [0.2, 0.25) is 0 Å². The van der Waals surface area contributed by atoms with Crippen LogP contribution in [-0.2, 0) is 46.1 Å². The number of carbonyl (C=O) groups is 2. The minimum atomic E-state index is -0.664. The summed E-state index contributed by atoms with van der Waals surface area (Å²) < 4.78 is 12.2. The molecule has 0 unspecified atom stereocenters. The van der Waals surface area contributed by atoms with E-state index in [0.29, 0.717) is 22.3 Å². The van der Waals surface area contributed by atoms with Crippen molar-refractivity contribution in [3.8, 4) is 23.0 Å². The second-order valence-electron chi connectivity index (χ2n) is 15.9. The predicted molar refractivity (Wildman–Crippen MR) is 207 cm³/mol. The molecule has 0 fully saturated rings. The number of phenols is 2. The molecule has 0 aromatic heterocycles. The fourth-order valence-electron chi connectivity index (χ4n) is 6.68. The first kappa shape index (κ1) is 40.9. The Morgan fingerprint density at radius 3 is 1.07 bits per heavy atom. The van der Waals surface area contributed by atoms with Crippen molar-refractivity contribution in [1.29, 1.82) is 0 Å². The van der Waals surface area contributed by atoms with Crippen molar-refractivity contribution in [2.45, 2.75) is 78.1 Å². The Balaban J connectivity index is 1.92. The van der Waals surface area contributed by atoms with Gasteiger partial charge in [0.1, 0.15) is 23.0 Å². The molecule has 1 aliphatic carbocycles. The molecule has 4 aromatic carbocycles. The zero-order valence-electron chi connectivity index (χ0n) is 32.1. The van der Waals surface area contributed by atoms with E-state index in [1.165, 1.54) is 24.3 Å². The first-order valence-electron chi connectivity index (χ1n) is 17.8. The predicted octanol–water partition coefficient (Wildman–Crippen LogP) is 4.92. The van der Waals surface area contributed by atoms with Crippen LogP contribution in [0.3, 0.4) is 0 Å². The Morgan fingerprint density at radius 2 is 0.857 bits per heavy atom. The molecule has 0 saturated heterocycles. The monoisotopic (exact) mass is 770 g/mol. The molecule has 296 valence electrons. The number of fused-ring (bicyclic) bond motifs is 8. The summed E-state index contributed by atoms with van der Waals surface area (Å²) in [5.74, 6) is 9.25. The highest BCUT2D eigenvalue weighted by molar-refractivity contribution is 5.77. The van der Waals surface area contributed by atoms with Crippen LogP contribution in [-0.4, -0.2) is 45.1 Å². The molecule has 0 radical (unpaired) electrons. The fourth-order valence-corrected chi connectivity index (χ4v) is 6.68. The van der Waals surface area contributed by atoms with Crippen LogP contribution in [0, 0.1) is 20.2 Å². The van der Waals surface area contributed by atoms with Crippen LogP contribution < -0.4 is 32.0 Å². The Morgan fingerprint density at radius 1 is 0.589 bits per heavy atom. The van der Waals surface area contributed by atoms with E-state index in [4.69, 9.17) is 21.2 Å². The van der Waals surface area contributed by atoms with Crippen LogP contribution >= 0.6 is 0 Å². The van der Waals surface area contributed by atoms with Gasteiger partial charge in [0, 0.05) is 72.2 Å². The number of nitrogens with one attached hydrogen (secondary N) is 2. The molecule has 2 amide bonds. The van der Waals surface area contributed by atoms with Gasteiger partial charge in [-0.2, -0.15) is 0 Å². The third-order valence-corrected chi connectivity index (χ3v) is 9.69. The molecule has 4 aromatic rings. The van der Waals surface area contributed by atoms with Gasteiger partial charge in [-0.25, -0.2) is 11.7 Å². The number of nitro benzene ring substituents is 2. The van der Waals surface area contributed by atoms with Crippen LogP contribution in [0.4, 0.5) is 11.4 Å². The number of amides is 2. The first-order valence-corrected chi connectivity index (χ1v) is 17.8. The van der Waals surface area contributed by atoms with Gasteiger partial charge in [-0.1, -0.05) is 65.8 Å². The summed E-state index contributed by atoms with van der Waals surface area (Å²) in [4.78, 5) is 48.4. The molecule has 1 aliphatic rings. The van der Waals surface area contributed by atoms with Gasteiger partial charge in [-0.05, 0) is 44.2 Å². The second-order valence-corrected chi connectivity index (χ2v) is 15.9. The number of nitro groups is 2. The maximum Gasteiger partial charge on any atom is 0.271 e. The van der Waals surface area contributed by atoms with Crippen molar-refractivity contribution in [3.63, 3.8) is 0 Å². The van der Waals surface area contributed by atoms with Crippen molar-refractivity contribution in [3.05, 3.63) is 124 Å². The smallest absolute Gasteiger partial charge is 0.271 e. The lowest BCUT2D eigenvalue weighted by molar-refractivity contribution is -0.385. The minimum Gasteiger partial charge on any atom is -0.507 e. The largest absolute Gasteiger partial charge is 0.507 e. The molecule has 0 aliphatic heterocycles. The van der Waals surface area contributed by atoms with Crippen LogP contribution in [0.2, 0.25) is 0 Å². The van der Waals surface area contributed by atoms with Gasteiger partial charge in [-0.3, -0.25) is 40.7 Å². The van der Waals surface area contributed by atoms with Crippen LogP contribution in [0.25, 0.3) is 0 Å². The van der Waals surface area contributed by atoms with E-state index in [0.717, 1.165) is 11.1 Å². The number of nitrogens with two attached hydrogens (primary N) is 2. The number of carbonyl (C=O) groups excluding carboxylic acids is 2. The van der Waals surface area contributed by atoms with Gasteiger partial charge < -0.3 is 19.7 Å². The highest BCUT2D eigenvalue weighted by atomic mass is 16.6. The Labute approximate surface area is 323 Å². The summed E-state index contributed by atoms with van der Waals surface area (Å²) in [7, 11) is 0. The van der Waals surface area contributed by atoms with Crippen molar-refractivity contribution >= 4 is 23.2 Å². The minimum absolute atomic E-state index is 0.115. The number of hydrogen-bond acceptors (Lipinski definition) is 12. The molecule has 8 N–H and O–H groups in total. The van der Waals surface area contributed by atoms with Gasteiger partial charge in [0.15, 0.2) is 13.2 Å². The number of non-ortho nitro benzene ring substituents is 2. The number of hydrogen-bond donors (Lipinski definition) is 6.